The van der Waals surface area contributed by atoms with Gasteiger partial charge >= 0.3 is 0 Å². The molecular weight excluding hydrogens is 299 g/mol. The summed E-state index contributed by atoms with van der Waals surface area (Å²) in [7, 11) is 0. The van der Waals surface area contributed by atoms with Crippen molar-refractivity contribution in [2.75, 3.05) is 18.5 Å². The summed E-state index contributed by atoms with van der Waals surface area (Å²) < 4.78 is 18.7. The van der Waals surface area contributed by atoms with Gasteiger partial charge in [-0.1, -0.05) is 18.2 Å². The largest absolute Gasteiger partial charge is 0.482 e. The third-order valence-corrected chi connectivity index (χ3v) is 3.51. The number of hydrogen-bond donors (Lipinski definition) is 2. The van der Waals surface area contributed by atoms with Crippen molar-refractivity contribution in [3.63, 3.8) is 0 Å². The van der Waals surface area contributed by atoms with E-state index >= 15 is 0 Å². The van der Waals surface area contributed by atoms with Crippen LogP contribution >= 0.6 is 0 Å². The van der Waals surface area contributed by atoms with E-state index in [1.54, 1.807) is 36.4 Å². The van der Waals surface area contributed by atoms with E-state index in [1.165, 1.54) is 6.07 Å². The molecule has 0 fully saturated rings. The first-order valence-corrected chi connectivity index (χ1v) is 7.22. The van der Waals surface area contributed by atoms with E-state index in [4.69, 9.17) is 4.74 Å². The molecule has 2 aromatic carbocycles. The zero-order valence-electron chi connectivity index (χ0n) is 12.3. The molecule has 0 radical (unpaired) electrons. The topological polar surface area (TPSA) is 67.4 Å². The van der Waals surface area contributed by atoms with Gasteiger partial charge in [0.1, 0.15) is 11.6 Å². The van der Waals surface area contributed by atoms with Crippen LogP contribution in [-0.4, -0.2) is 25.0 Å². The van der Waals surface area contributed by atoms with Crippen molar-refractivity contribution in [1.82, 2.24) is 5.32 Å². The molecule has 1 aliphatic rings. The maximum absolute atomic E-state index is 13.5. The van der Waals surface area contributed by atoms with Crippen LogP contribution in [0.5, 0.6) is 5.75 Å². The second-order valence-corrected chi connectivity index (χ2v) is 5.15. The summed E-state index contributed by atoms with van der Waals surface area (Å²) in [5, 5.41) is 5.38. The van der Waals surface area contributed by atoms with Crippen LogP contribution in [0, 0.1) is 5.82 Å². The summed E-state index contributed by atoms with van der Waals surface area (Å²) >= 11 is 0. The molecule has 0 spiro atoms. The van der Waals surface area contributed by atoms with Gasteiger partial charge in [-0.3, -0.25) is 9.59 Å². The first-order valence-electron chi connectivity index (χ1n) is 7.22. The van der Waals surface area contributed by atoms with E-state index < -0.39 is 0 Å². The van der Waals surface area contributed by atoms with Crippen LogP contribution in [0.2, 0.25) is 0 Å². The second kappa shape index (κ2) is 6.48. The predicted molar refractivity (Wildman–Crippen MR) is 83.0 cm³/mol. The van der Waals surface area contributed by atoms with Gasteiger partial charge in [0.2, 0.25) is 0 Å². The van der Waals surface area contributed by atoms with Gasteiger partial charge in [-0.05, 0) is 36.2 Å². The molecule has 0 atom stereocenters. The van der Waals surface area contributed by atoms with E-state index in [9.17, 15) is 14.0 Å². The van der Waals surface area contributed by atoms with Gasteiger partial charge in [0.25, 0.3) is 11.8 Å². The van der Waals surface area contributed by atoms with E-state index in [0.29, 0.717) is 35.5 Å². The van der Waals surface area contributed by atoms with Crippen LogP contribution in [0.25, 0.3) is 0 Å². The molecule has 0 aromatic heterocycles. The van der Waals surface area contributed by atoms with Crippen LogP contribution in [0.4, 0.5) is 10.1 Å². The molecule has 2 aromatic rings. The Balaban J connectivity index is 1.61. The lowest BCUT2D eigenvalue weighted by atomic mass is 10.1. The third-order valence-electron chi connectivity index (χ3n) is 3.51. The van der Waals surface area contributed by atoms with Gasteiger partial charge < -0.3 is 15.4 Å². The van der Waals surface area contributed by atoms with Crippen molar-refractivity contribution in [3.8, 4) is 5.75 Å². The minimum absolute atomic E-state index is 0.0266. The molecule has 5 nitrogen and oxygen atoms in total. The number of nitrogens with one attached hydrogen (secondary N) is 2. The van der Waals surface area contributed by atoms with Crippen molar-refractivity contribution in [2.24, 2.45) is 0 Å². The Bertz CT molecular complexity index is 761. The summed E-state index contributed by atoms with van der Waals surface area (Å²) in [6.07, 6.45) is 0.406. The Morgan fingerprint density at radius 3 is 2.91 bits per heavy atom. The van der Waals surface area contributed by atoms with Crippen LogP contribution < -0.4 is 15.4 Å². The van der Waals surface area contributed by atoms with Crippen molar-refractivity contribution < 1.29 is 18.7 Å². The fraction of sp³-hybridized carbons (Fsp3) is 0.176. The second-order valence-electron chi connectivity index (χ2n) is 5.15. The first kappa shape index (κ1) is 15.0. The van der Waals surface area contributed by atoms with Crippen LogP contribution in [0.15, 0.2) is 42.5 Å². The van der Waals surface area contributed by atoms with Crippen LogP contribution in [0.3, 0.4) is 0 Å². The third kappa shape index (κ3) is 3.48. The van der Waals surface area contributed by atoms with Crippen LogP contribution in [-0.2, 0) is 11.2 Å². The summed E-state index contributed by atoms with van der Waals surface area (Å²) in [4.78, 5) is 23.4. The van der Waals surface area contributed by atoms with Crippen LogP contribution in [0.1, 0.15) is 15.9 Å². The molecule has 23 heavy (non-hydrogen) atoms. The maximum Gasteiger partial charge on any atom is 0.262 e. The predicted octanol–water partition coefficient (Wildman–Crippen LogP) is 2.13. The smallest absolute Gasteiger partial charge is 0.262 e. The maximum atomic E-state index is 13.5. The van der Waals surface area contributed by atoms with Gasteiger partial charge in [0, 0.05) is 12.1 Å². The van der Waals surface area contributed by atoms with Gasteiger partial charge in [-0.25, -0.2) is 4.39 Å². The van der Waals surface area contributed by atoms with Crippen molar-refractivity contribution in [1.29, 1.82) is 0 Å². The SMILES string of the molecule is O=C1COc2ccc(C(=O)NCCc3ccccc3F)cc2N1. The van der Waals surface area contributed by atoms with Gasteiger partial charge in [-0.15, -0.1) is 0 Å². The molecule has 118 valence electrons. The molecule has 0 aliphatic carbocycles. The highest BCUT2D eigenvalue weighted by atomic mass is 19.1. The number of rotatable bonds is 4. The number of hydrogen-bond acceptors (Lipinski definition) is 3. The Labute approximate surface area is 132 Å². The molecule has 2 N–H and O–H groups in total. The Morgan fingerprint density at radius 2 is 2.09 bits per heavy atom. The molecule has 0 unspecified atom stereocenters. The number of amides is 2. The molecule has 2 amide bonds. The summed E-state index contributed by atoms with van der Waals surface area (Å²) in [5.74, 6) is -0.290. The monoisotopic (exact) mass is 314 g/mol. The highest BCUT2D eigenvalue weighted by Gasteiger charge is 2.17. The van der Waals surface area contributed by atoms with Gasteiger partial charge in [-0.2, -0.15) is 0 Å². The van der Waals surface area contributed by atoms with Crippen molar-refractivity contribution in [3.05, 3.63) is 59.4 Å². The Morgan fingerprint density at radius 1 is 1.26 bits per heavy atom. The lowest BCUT2D eigenvalue weighted by Crippen LogP contribution is -2.28. The number of benzene rings is 2. The average Bonchev–Trinajstić information content (AvgIpc) is 2.55. The normalized spacial score (nSPS) is 12.8. The average molecular weight is 314 g/mol. The summed E-state index contributed by atoms with van der Waals surface area (Å²) in [6.45, 7) is 0.293. The number of fused-ring (bicyclic) bond motifs is 1. The molecule has 1 heterocycles. The fourth-order valence-corrected chi connectivity index (χ4v) is 2.34. The lowest BCUT2D eigenvalue weighted by Gasteiger charge is -2.18. The number of anilines is 1. The molecule has 0 saturated heterocycles. The zero-order chi connectivity index (χ0) is 16.2. The molecule has 0 bridgehead atoms. The Hall–Kier alpha value is -2.89. The number of carbonyl (C=O) groups is 2. The zero-order valence-corrected chi connectivity index (χ0v) is 12.3. The van der Waals surface area contributed by atoms with E-state index in [0.717, 1.165) is 0 Å². The minimum Gasteiger partial charge on any atom is -0.482 e. The fourth-order valence-electron chi connectivity index (χ4n) is 2.34. The van der Waals surface area contributed by atoms with Crippen molar-refractivity contribution in [2.45, 2.75) is 6.42 Å². The molecule has 3 rings (SSSR count). The number of carbonyl (C=O) groups excluding carboxylic acids is 2. The molecule has 1 aliphatic heterocycles. The minimum atomic E-state index is -0.288. The lowest BCUT2D eigenvalue weighted by molar-refractivity contribution is -0.118. The molecular formula is C17H15FN2O3. The highest BCUT2D eigenvalue weighted by Crippen LogP contribution is 2.28. The molecule has 0 saturated carbocycles. The summed E-state index contributed by atoms with van der Waals surface area (Å²) in [5.41, 5.74) is 1.44. The highest BCUT2D eigenvalue weighted by molar-refractivity contribution is 5.99. The van der Waals surface area contributed by atoms with E-state index in [2.05, 4.69) is 10.6 Å². The first-order chi connectivity index (χ1) is 11.1. The van der Waals surface area contributed by atoms with E-state index in [-0.39, 0.29) is 24.2 Å². The van der Waals surface area contributed by atoms with Gasteiger partial charge in [0.05, 0.1) is 5.69 Å². The van der Waals surface area contributed by atoms with E-state index in [1.807, 2.05) is 0 Å². The molecule has 6 heteroatoms. The summed E-state index contributed by atoms with van der Waals surface area (Å²) in [6, 6.07) is 11.3. The number of ether oxygens (including phenoxy) is 1. The Kier molecular flexibility index (Phi) is 4.23. The quantitative estimate of drug-likeness (QED) is 0.908. The van der Waals surface area contributed by atoms with Gasteiger partial charge in [0.15, 0.2) is 6.61 Å². The van der Waals surface area contributed by atoms with Crippen molar-refractivity contribution >= 4 is 17.5 Å². The standard InChI is InChI=1S/C17H15FN2O3/c18-13-4-2-1-3-11(13)7-8-19-17(22)12-5-6-15-14(9-12)20-16(21)10-23-15/h1-6,9H,7-8,10H2,(H,19,22)(H,20,21). The number of halogens is 1.